The van der Waals surface area contributed by atoms with Gasteiger partial charge in [0.2, 0.25) is 15.9 Å². The molecule has 0 saturated carbocycles. The maximum atomic E-state index is 12.0. The van der Waals surface area contributed by atoms with E-state index in [1.54, 1.807) is 12.1 Å². The third-order valence-electron chi connectivity index (χ3n) is 2.22. The molecule has 1 aromatic carbocycles. The number of carbonyl (C=O) groups excluding carboxylic acids is 1. The number of hydrogen-bond donors (Lipinski definition) is 3. The lowest BCUT2D eigenvalue weighted by Gasteiger charge is -2.14. The Morgan fingerprint density at radius 1 is 1.25 bits per heavy atom. The summed E-state index contributed by atoms with van der Waals surface area (Å²) in [7, 11) is -0.587. The number of rotatable bonds is 3. The predicted octanol–water partition coefficient (Wildman–Crippen LogP) is 0.274. The molecule has 7 nitrogen and oxygen atoms in total. The molecule has 110 valence electrons. The first-order valence-electron chi connectivity index (χ1n) is 5.59. The van der Waals surface area contributed by atoms with Crippen LogP contribution in [0.4, 0.5) is 5.69 Å². The first-order chi connectivity index (χ1) is 9.23. The molecule has 0 bridgehead atoms. The van der Waals surface area contributed by atoms with Gasteiger partial charge in [-0.3, -0.25) is 15.6 Å². The summed E-state index contributed by atoms with van der Waals surface area (Å²) in [4.78, 5) is 10.9. The van der Waals surface area contributed by atoms with Crippen LogP contribution in [0.2, 0.25) is 0 Å². The monoisotopic (exact) mass is 316 g/mol. The number of hydrogen-bond acceptors (Lipinski definition) is 4. The van der Waals surface area contributed by atoms with Gasteiger partial charge >= 0.3 is 0 Å². The number of carbonyl (C=O) groups is 1. The van der Waals surface area contributed by atoms with Gasteiger partial charge in [0.15, 0.2) is 5.11 Å². The summed E-state index contributed by atoms with van der Waals surface area (Å²) in [6.07, 6.45) is 0. The SMILES string of the molecule is CC(=O)NNC(=S)Nc1cccc(S(=O)(=O)N(C)C)c1. The number of thiocarbonyl (C=S) groups is 1. The molecule has 0 fully saturated rings. The highest BCUT2D eigenvalue weighted by atomic mass is 32.2. The van der Waals surface area contributed by atoms with Gasteiger partial charge in [0, 0.05) is 26.7 Å². The molecule has 0 radical (unpaired) electrons. The topological polar surface area (TPSA) is 90.5 Å². The van der Waals surface area contributed by atoms with Crippen LogP contribution in [-0.4, -0.2) is 37.8 Å². The molecule has 0 aliphatic carbocycles. The number of anilines is 1. The van der Waals surface area contributed by atoms with Gasteiger partial charge in [0.1, 0.15) is 0 Å². The average Bonchev–Trinajstić information content (AvgIpc) is 2.36. The Hall–Kier alpha value is -1.71. The zero-order valence-electron chi connectivity index (χ0n) is 11.3. The van der Waals surface area contributed by atoms with Crippen LogP contribution in [0.15, 0.2) is 29.2 Å². The van der Waals surface area contributed by atoms with E-state index in [-0.39, 0.29) is 15.9 Å². The zero-order chi connectivity index (χ0) is 15.3. The van der Waals surface area contributed by atoms with Crippen LogP contribution in [0.1, 0.15) is 6.92 Å². The Balaban J connectivity index is 2.84. The highest BCUT2D eigenvalue weighted by Crippen LogP contribution is 2.17. The van der Waals surface area contributed by atoms with Crippen LogP contribution in [-0.2, 0) is 14.8 Å². The molecule has 0 spiro atoms. The zero-order valence-corrected chi connectivity index (χ0v) is 12.9. The van der Waals surface area contributed by atoms with E-state index in [9.17, 15) is 13.2 Å². The van der Waals surface area contributed by atoms with E-state index in [4.69, 9.17) is 12.2 Å². The van der Waals surface area contributed by atoms with Gasteiger partial charge in [0.05, 0.1) is 4.90 Å². The lowest BCUT2D eigenvalue weighted by atomic mass is 10.3. The van der Waals surface area contributed by atoms with Gasteiger partial charge in [-0.25, -0.2) is 12.7 Å². The van der Waals surface area contributed by atoms with E-state index in [1.165, 1.54) is 33.2 Å². The van der Waals surface area contributed by atoms with Crippen molar-refractivity contribution in [2.45, 2.75) is 11.8 Å². The Bertz CT molecular complexity index is 614. The molecule has 0 unspecified atom stereocenters. The third kappa shape index (κ3) is 4.44. The van der Waals surface area contributed by atoms with Crippen LogP contribution in [0.3, 0.4) is 0 Å². The smallest absolute Gasteiger partial charge is 0.242 e. The summed E-state index contributed by atoms with van der Waals surface area (Å²) in [5, 5.41) is 2.92. The van der Waals surface area contributed by atoms with Crippen LogP contribution in [0, 0.1) is 0 Å². The Morgan fingerprint density at radius 3 is 2.45 bits per heavy atom. The Morgan fingerprint density at radius 2 is 1.90 bits per heavy atom. The van der Waals surface area contributed by atoms with Crippen molar-refractivity contribution in [1.29, 1.82) is 0 Å². The Labute approximate surface area is 123 Å². The maximum absolute atomic E-state index is 12.0. The quantitative estimate of drug-likeness (QED) is 0.548. The first kappa shape index (κ1) is 16.3. The molecule has 0 aliphatic rings. The second-order valence-corrected chi connectivity index (χ2v) is 6.64. The normalized spacial score (nSPS) is 11.0. The van der Waals surface area contributed by atoms with Gasteiger partial charge in [0.25, 0.3) is 0 Å². The van der Waals surface area contributed by atoms with E-state index in [2.05, 4.69) is 16.2 Å². The summed E-state index contributed by atoms with van der Waals surface area (Å²) >= 11 is 4.95. The number of benzene rings is 1. The Kier molecular flexibility index (Phi) is 5.43. The molecular formula is C11H16N4O3S2. The minimum atomic E-state index is -3.50. The van der Waals surface area contributed by atoms with E-state index in [1.807, 2.05) is 0 Å². The molecular weight excluding hydrogens is 300 g/mol. The molecule has 0 saturated heterocycles. The molecule has 9 heteroatoms. The van der Waals surface area contributed by atoms with Gasteiger partial charge in [-0.05, 0) is 30.4 Å². The lowest BCUT2D eigenvalue weighted by molar-refractivity contribution is -0.119. The summed E-state index contributed by atoms with van der Waals surface area (Å²) in [5.41, 5.74) is 5.28. The van der Waals surface area contributed by atoms with Crippen molar-refractivity contribution in [3.63, 3.8) is 0 Å². The van der Waals surface area contributed by atoms with Crippen LogP contribution in [0.5, 0.6) is 0 Å². The number of hydrazine groups is 1. The molecule has 1 amide bonds. The van der Waals surface area contributed by atoms with Crippen molar-refractivity contribution in [3.8, 4) is 0 Å². The minimum Gasteiger partial charge on any atom is -0.331 e. The summed E-state index contributed by atoms with van der Waals surface area (Å²) in [5.74, 6) is -0.293. The molecule has 1 rings (SSSR count). The fourth-order valence-electron chi connectivity index (χ4n) is 1.25. The van der Waals surface area contributed by atoms with E-state index < -0.39 is 10.0 Å². The van der Waals surface area contributed by atoms with Crippen LogP contribution < -0.4 is 16.2 Å². The maximum Gasteiger partial charge on any atom is 0.242 e. The van der Waals surface area contributed by atoms with Gasteiger partial charge in [-0.2, -0.15) is 0 Å². The summed E-state index contributed by atoms with van der Waals surface area (Å²) in [6.45, 7) is 1.33. The summed E-state index contributed by atoms with van der Waals surface area (Å²) < 4.78 is 25.1. The standard InChI is InChI=1S/C11H16N4O3S2/c1-8(16)13-14-11(19)12-9-5-4-6-10(7-9)20(17,18)15(2)3/h4-7H,1-3H3,(H,13,16)(H2,12,14,19). The molecule has 0 aromatic heterocycles. The predicted molar refractivity (Wildman–Crippen MR) is 80.5 cm³/mol. The fourth-order valence-corrected chi connectivity index (χ4v) is 2.37. The first-order valence-corrected chi connectivity index (χ1v) is 7.44. The van der Waals surface area contributed by atoms with Gasteiger partial charge < -0.3 is 5.32 Å². The molecule has 0 atom stereocenters. The van der Waals surface area contributed by atoms with Crippen molar-refractivity contribution in [2.75, 3.05) is 19.4 Å². The van der Waals surface area contributed by atoms with Crippen LogP contribution in [0.25, 0.3) is 0 Å². The highest BCUT2D eigenvalue weighted by Gasteiger charge is 2.17. The molecule has 1 aromatic rings. The third-order valence-corrected chi connectivity index (χ3v) is 4.24. The number of amides is 1. The molecule has 0 heterocycles. The second kappa shape index (κ2) is 6.64. The second-order valence-electron chi connectivity index (χ2n) is 4.08. The van der Waals surface area contributed by atoms with Gasteiger partial charge in [-0.1, -0.05) is 6.07 Å². The van der Waals surface area contributed by atoms with Gasteiger partial charge in [-0.15, -0.1) is 0 Å². The minimum absolute atomic E-state index is 0.148. The van der Waals surface area contributed by atoms with Crippen molar-refractivity contribution in [3.05, 3.63) is 24.3 Å². The van der Waals surface area contributed by atoms with Crippen molar-refractivity contribution in [1.82, 2.24) is 15.2 Å². The highest BCUT2D eigenvalue weighted by molar-refractivity contribution is 7.89. The average molecular weight is 316 g/mol. The lowest BCUT2D eigenvalue weighted by Crippen LogP contribution is -2.42. The van der Waals surface area contributed by atoms with Crippen molar-refractivity contribution in [2.24, 2.45) is 0 Å². The number of sulfonamides is 1. The molecule has 0 aliphatic heterocycles. The van der Waals surface area contributed by atoms with Crippen molar-refractivity contribution < 1.29 is 13.2 Å². The summed E-state index contributed by atoms with van der Waals surface area (Å²) in [6, 6.07) is 6.21. The number of nitrogens with zero attached hydrogens (tertiary/aromatic N) is 1. The van der Waals surface area contributed by atoms with E-state index in [0.717, 1.165) is 4.31 Å². The molecule has 20 heavy (non-hydrogen) atoms. The van der Waals surface area contributed by atoms with E-state index in [0.29, 0.717) is 5.69 Å². The van der Waals surface area contributed by atoms with Crippen LogP contribution >= 0.6 is 12.2 Å². The number of nitrogens with one attached hydrogen (secondary N) is 3. The van der Waals surface area contributed by atoms with Crippen molar-refractivity contribution >= 4 is 38.9 Å². The fraction of sp³-hybridized carbons (Fsp3) is 0.273. The molecule has 3 N–H and O–H groups in total. The van der Waals surface area contributed by atoms with E-state index >= 15 is 0 Å². The largest absolute Gasteiger partial charge is 0.331 e.